The zero-order valence-corrected chi connectivity index (χ0v) is 11.5. The number of hydrogen-bond donors (Lipinski definition) is 0. The van der Waals surface area contributed by atoms with E-state index in [0.29, 0.717) is 12.5 Å². The number of fused-ring (bicyclic) bond motifs is 1. The summed E-state index contributed by atoms with van der Waals surface area (Å²) in [5.41, 5.74) is 2.07. The van der Waals surface area contributed by atoms with Crippen molar-refractivity contribution in [3.05, 3.63) is 23.8 Å². The average Bonchev–Trinajstić information content (AvgIpc) is 2.27. The predicted molar refractivity (Wildman–Crippen MR) is 73.1 cm³/mol. The molecular formula is C15H20N2O. The number of benzene rings is 1. The van der Waals surface area contributed by atoms with E-state index in [-0.39, 0.29) is 5.60 Å². The van der Waals surface area contributed by atoms with Crippen molar-refractivity contribution in [2.45, 2.75) is 39.2 Å². The van der Waals surface area contributed by atoms with E-state index in [1.807, 2.05) is 6.07 Å². The molecular weight excluding hydrogens is 224 g/mol. The molecule has 0 saturated carbocycles. The lowest BCUT2D eigenvalue weighted by Crippen LogP contribution is -2.47. The maximum absolute atomic E-state index is 8.96. The molecule has 0 aromatic heterocycles. The van der Waals surface area contributed by atoms with Gasteiger partial charge in [-0.15, -0.1) is 0 Å². The largest absolute Gasteiger partial charge is 0.484 e. The van der Waals surface area contributed by atoms with Crippen molar-refractivity contribution >= 4 is 5.69 Å². The van der Waals surface area contributed by atoms with Crippen LogP contribution >= 0.6 is 0 Å². The molecule has 0 fully saturated rings. The van der Waals surface area contributed by atoms with Crippen molar-refractivity contribution in [2.75, 3.05) is 18.0 Å². The Morgan fingerprint density at radius 2 is 2.17 bits per heavy atom. The van der Waals surface area contributed by atoms with Crippen LogP contribution in [0.2, 0.25) is 0 Å². The van der Waals surface area contributed by atoms with Crippen LogP contribution in [-0.2, 0) is 0 Å². The van der Waals surface area contributed by atoms with Crippen molar-refractivity contribution in [1.82, 2.24) is 0 Å². The Kier molecular flexibility index (Phi) is 3.21. The van der Waals surface area contributed by atoms with Crippen LogP contribution in [0.15, 0.2) is 18.2 Å². The molecule has 0 spiro atoms. The van der Waals surface area contributed by atoms with Gasteiger partial charge in [0, 0.05) is 0 Å². The zero-order valence-electron chi connectivity index (χ0n) is 11.5. The van der Waals surface area contributed by atoms with Gasteiger partial charge in [-0.2, -0.15) is 5.26 Å². The van der Waals surface area contributed by atoms with E-state index >= 15 is 0 Å². The molecule has 0 atom stereocenters. The SMILES string of the molecule is CC(C)c1ccc2c(c1)N(CC#N)CC(C)(C)O2. The highest BCUT2D eigenvalue weighted by Crippen LogP contribution is 2.38. The molecule has 2 rings (SSSR count). The molecule has 96 valence electrons. The molecule has 3 nitrogen and oxygen atoms in total. The van der Waals surface area contributed by atoms with Crippen LogP contribution < -0.4 is 9.64 Å². The Bertz CT molecular complexity index is 486. The molecule has 1 aliphatic rings. The Morgan fingerprint density at radius 1 is 1.44 bits per heavy atom. The first-order chi connectivity index (χ1) is 8.43. The van der Waals surface area contributed by atoms with Gasteiger partial charge in [0.1, 0.15) is 17.9 Å². The summed E-state index contributed by atoms with van der Waals surface area (Å²) in [5.74, 6) is 1.36. The van der Waals surface area contributed by atoms with E-state index in [9.17, 15) is 0 Å². The van der Waals surface area contributed by atoms with E-state index in [0.717, 1.165) is 18.0 Å². The minimum Gasteiger partial charge on any atom is -0.484 e. The van der Waals surface area contributed by atoms with E-state index < -0.39 is 0 Å². The number of hydrogen-bond acceptors (Lipinski definition) is 3. The molecule has 0 bridgehead atoms. The second kappa shape index (κ2) is 4.53. The summed E-state index contributed by atoms with van der Waals surface area (Å²) in [5, 5.41) is 8.96. The van der Waals surface area contributed by atoms with E-state index in [1.54, 1.807) is 0 Å². The topological polar surface area (TPSA) is 36.3 Å². The van der Waals surface area contributed by atoms with Crippen LogP contribution in [0, 0.1) is 11.3 Å². The van der Waals surface area contributed by atoms with Crippen LogP contribution in [0.1, 0.15) is 39.2 Å². The molecule has 1 aromatic carbocycles. The number of ether oxygens (including phenoxy) is 1. The van der Waals surface area contributed by atoms with Crippen molar-refractivity contribution in [3.8, 4) is 11.8 Å². The van der Waals surface area contributed by atoms with Gasteiger partial charge in [0.25, 0.3) is 0 Å². The highest BCUT2D eigenvalue weighted by Gasteiger charge is 2.31. The molecule has 1 aromatic rings. The second-order valence-electron chi connectivity index (χ2n) is 5.76. The molecule has 1 heterocycles. The number of nitrogens with zero attached hydrogens (tertiary/aromatic N) is 2. The summed E-state index contributed by atoms with van der Waals surface area (Å²) >= 11 is 0. The molecule has 0 unspecified atom stereocenters. The fourth-order valence-electron chi connectivity index (χ4n) is 2.33. The van der Waals surface area contributed by atoms with Crippen molar-refractivity contribution in [3.63, 3.8) is 0 Å². The molecule has 0 aliphatic carbocycles. The van der Waals surface area contributed by atoms with Gasteiger partial charge in [-0.05, 0) is 37.5 Å². The fourth-order valence-corrected chi connectivity index (χ4v) is 2.33. The third-order valence-electron chi connectivity index (χ3n) is 3.21. The number of anilines is 1. The standard InChI is InChI=1S/C15H20N2O/c1-11(2)12-5-6-14-13(9-12)17(8-7-16)10-15(3,4)18-14/h5-6,9,11H,8,10H2,1-4H3. The van der Waals surface area contributed by atoms with Crippen molar-refractivity contribution < 1.29 is 4.74 Å². The zero-order chi connectivity index (χ0) is 13.3. The summed E-state index contributed by atoms with van der Waals surface area (Å²) in [6, 6.07) is 8.51. The van der Waals surface area contributed by atoms with Gasteiger partial charge in [0.2, 0.25) is 0 Å². The van der Waals surface area contributed by atoms with Crippen molar-refractivity contribution in [1.29, 1.82) is 5.26 Å². The van der Waals surface area contributed by atoms with Crippen LogP contribution in [0.3, 0.4) is 0 Å². The lowest BCUT2D eigenvalue weighted by atomic mass is 9.99. The van der Waals surface area contributed by atoms with E-state index in [4.69, 9.17) is 10.00 Å². The van der Waals surface area contributed by atoms with Crippen LogP contribution in [0.4, 0.5) is 5.69 Å². The van der Waals surface area contributed by atoms with Crippen LogP contribution in [-0.4, -0.2) is 18.7 Å². The third kappa shape index (κ3) is 2.43. The van der Waals surface area contributed by atoms with Crippen LogP contribution in [0.25, 0.3) is 0 Å². The van der Waals surface area contributed by atoms with E-state index in [1.165, 1.54) is 5.56 Å². The highest BCUT2D eigenvalue weighted by molar-refractivity contribution is 5.63. The van der Waals surface area contributed by atoms with Gasteiger partial charge in [-0.25, -0.2) is 0 Å². The van der Waals surface area contributed by atoms with E-state index in [2.05, 4.69) is 50.8 Å². The monoisotopic (exact) mass is 244 g/mol. The maximum Gasteiger partial charge on any atom is 0.143 e. The summed E-state index contributed by atoms with van der Waals surface area (Å²) in [6.07, 6.45) is 0. The summed E-state index contributed by atoms with van der Waals surface area (Å²) in [7, 11) is 0. The average molecular weight is 244 g/mol. The smallest absolute Gasteiger partial charge is 0.143 e. The van der Waals surface area contributed by atoms with Crippen LogP contribution in [0.5, 0.6) is 5.75 Å². The lowest BCUT2D eigenvalue weighted by molar-refractivity contribution is 0.106. The predicted octanol–water partition coefficient (Wildman–Crippen LogP) is 3.31. The van der Waals surface area contributed by atoms with Gasteiger partial charge >= 0.3 is 0 Å². The molecule has 18 heavy (non-hydrogen) atoms. The Labute approximate surface area is 109 Å². The molecule has 0 amide bonds. The van der Waals surface area contributed by atoms with Gasteiger partial charge in [0.15, 0.2) is 0 Å². The molecule has 3 heteroatoms. The summed E-state index contributed by atoms with van der Waals surface area (Å²) < 4.78 is 5.98. The first-order valence-electron chi connectivity index (χ1n) is 6.38. The Hall–Kier alpha value is -1.69. The Morgan fingerprint density at radius 3 is 2.78 bits per heavy atom. The Balaban J connectivity index is 2.44. The number of rotatable bonds is 2. The first kappa shape index (κ1) is 12.8. The minimum absolute atomic E-state index is 0.247. The van der Waals surface area contributed by atoms with Gasteiger partial charge in [-0.1, -0.05) is 19.9 Å². The molecule has 0 radical (unpaired) electrons. The highest BCUT2D eigenvalue weighted by atomic mass is 16.5. The first-order valence-corrected chi connectivity index (χ1v) is 6.38. The number of nitriles is 1. The second-order valence-corrected chi connectivity index (χ2v) is 5.76. The lowest BCUT2D eigenvalue weighted by Gasteiger charge is -2.40. The normalized spacial score (nSPS) is 17.0. The van der Waals surface area contributed by atoms with Gasteiger partial charge in [0.05, 0.1) is 18.3 Å². The molecule has 1 aliphatic heterocycles. The van der Waals surface area contributed by atoms with Gasteiger partial charge in [-0.3, -0.25) is 0 Å². The quantitative estimate of drug-likeness (QED) is 0.749. The summed E-state index contributed by atoms with van der Waals surface area (Å²) in [4.78, 5) is 2.10. The fraction of sp³-hybridized carbons (Fsp3) is 0.533. The van der Waals surface area contributed by atoms with Crippen molar-refractivity contribution in [2.24, 2.45) is 0 Å². The summed E-state index contributed by atoms with van der Waals surface area (Å²) in [6.45, 7) is 9.59. The third-order valence-corrected chi connectivity index (χ3v) is 3.21. The van der Waals surface area contributed by atoms with Gasteiger partial charge < -0.3 is 9.64 Å². The maximum atomic E-state index is 8.96. The molecule has 0 saturated heterocycles. The minimum atomic E-state index is -0.247. The molecule has 0 N–H and O–H groups in total.